The predicted octanol–water partition coefficient (Wildman–Crippen LogP) is 0.810. The minimum atomic E-state index is -0.802. The maximum atomic E-state index is 2.60. The van der Waals surface area contributed by atoms with Crippen molar-refractivity contribution in [3.8, 4) is 0 Å². The normalized spacial score (nSPS) is 28.3. The van der Waals surface area contributed by atoms with E-state index in [0.717, 1.165) is 0 Å². The van der Waals surface area contributed by atoms with Gasteiger partial charge >= 0.3 is 175 Å². The molecule has 6 rings (SSSR count). The van der Waals surface area contributed by atoms with E-state index in [2.05, 4.69) is 60.7 Å². The summed E-state index contributed by atoms with van der Waals surface area (Å²) in [5.74, 6) is 0. The van der Waals surface area contributed by atoms with Crippen LogP contribution in [0.15, 0.2) is 59.7 Å². The molecule has 0 nitrogen and oxygen atoms in total. The van der Waals surface area contributed by atoms with Crippen LogP contribution in [0, 0.1) is 0 Å². The van der Waals surface area contributed by atoms with Gasteiger partial charge in [0, 0.05) is 0 Å². The Morgan fingerprint density at radius 1 is 0.586 bits per heavy atom. The summed E-state index contributed by atoms with van der Waals surface area (Å²) in [7, 11) is 0. The Kier molecular flexibility index (Phi) is 6.07. The summed E-state index contributed by atoms with van der Waals surface area (Å²) in [5, 5.41) is 0. The van der Waals surface area contributed by atoms with Crippen LogP contribution in [0.25, 0.3) is 12.2 Å². The first kappa shape index (κ1) is 21.6. The van der Waals surface area contributed by atoms with Gasteiger partial charge in [-0.3, -0.25) is 0 Å². The zero-order valence-corrected chi connectivity index (χ0v) is 20.7. The Labute approximate surface area is 198 Å². The smallest absolute Gasteiger partial charge is 1.00 e. The van der Waals surface area contributed by atoms with E-state index in [-0.39, 0.29) is 24.8 Å². The molecule has 2 atom stereocenters. The first-order valence-electron chi connectivity index (χ1n) is 10.7. The van der Waals surface area contributed by atoms with Crippen molar-refractivity contribution in [1.82, 2.24) is 0 Å². The van der Waals surface area contributed by atoms with Gasteiger partial charge in [0.15, 0.2) is 0 Å². The summed E-state index contributed by atoms with van der Waals surface area (Å²) in [4.78, 5) is 0. The fraction of sp³-hybridized carbons (Fsp3) is 0.385. The van der Waals surface area contributed by atoms with Gasteiger partial charge in [-0.15, -0.1) is 0 Å². The van der Waals surface area contributed by atoms with Gasteiger partial charge in [-0.05, 0) is 0 Å². The van der Waals surface area contributed by atoms with E-state index in [1.165, 1.54) is 51.4 Å². The molecule has 2 unspecified atom stereocenters. The summed E-state index contributed by atoms with van der Waals surface area (Å²) in [6.07, 6.45) is 16.3. The largest absolute Gasteiger partial charge is 1.00 e. The van der Waals surface area contributed by atoms with Crippen LogP contribution in [0.4, 0.5) is 0 Å². The third-order valence-corrected chi connectivity index (χ3v) is 13.7. The number of allylic oxidation sites excluding steroid dienone is 2. The summed E-state index contributed by atoms with van der Waals surface area (Å²) >= 11 is -0.802. The van der Waals surface area contributed by atoms with Crippen LogP contribution < -0.4 is 24.8 Å². The average Bonchev–Trinajstić information content (AvgIpc) is 3.21. The zero-order valence-electron chi connectivity index (χ0n) is 16.7. The van der Waals surface area contributed by atoms with E-state index in [9.17, 15) is 0 Å². The Balaban J connectivity index is 0.00000102. The van der Waals surface area contributed by atoms with Crippen molar-refractivity contribution in [2.24, 2.45) is 0 Å². The molecular formula is C26H26Cl2Zr. The molecule has 0 aliphatic heterocycles. The standard InChI is InChI=1S/2C13H13.2ClH.Zr/c2*1-3-7-12-10(5-1)9-11-6-2-4-8-13(11)12;;;/h2*1,3,5,7,9H,2,4,6,8H2;2*1H;/q;;;;+2/p-2. The first-order valence-corrected chi connectivity index (χ1v) is 13.2. The van der Waals surface area contributed by atoms with E-state index in [0.29, 0.717) is 6.25 Å². The van der Waals surface area contributed by atoms with Crippen LogP contribution in [-0.2, 0) is 29.5 Å². The van der Waals surface area contributed by atoms with Crippen LogP contribution in [0.5, 0.6) is 0 Å². The minimum Gasteiger partial charge on any atom is -1.00 e. The summed E-state index contributed by atoms with van der Waals surface area (Å²) in [6.45, 7) is 0. The second kappa shape index (κ2) is 8.14. The maximum Gasteiger partial charge on any atom is -1.00 e. The minimum absolute atomic E-state index is 0. The Bertz CT molecular complexity index is 912. The van der Waals surface area contributed by atoms with Crippen LogP contribution in [0.3, 0.4) is 0 Å². The van der Waals surface area contributed by atoms with Crippen LogP contribution in [0.2, 0.25) is 0 Å². The molecule has 0 amide bonds. The number of fused-ring (bicyclic) bond motifs is 6. The number of hydrogen-bond donors (Lipinski definition) is 0. The Morgan fingerprint density at radius 2 is 1.03 bits per heavy atom. The molecule has 0 radical (unpaired) electrons. The average molecular weight is 501 g/mol. The molecule has 0 N–H and O–H groups in total. The van der Waals surface area contributed by atoms with Gasteiger partial charge in [-0.2, -0.15) is 0 Å². The van der Waals surface area contributed by atoms with Crippen molar-refractivity contribution in [2.75, 3.05) is 0 Å². The fourth-order valence-corrected chi connectivity index (χ4v) is 13.2. The fourth-order valence-electron chi connectivity index (χ4n) is 6.35. The monoisotopic (exact) mass is 498 g/mol. The molecule has 0 aromatic heterocycles. The molecule has 148 valence electrons. The molecule has 0 saturated heterocycles. The van der Waals surface area contributed by atoms with Crippen molar-refractivity contribution >= 4 is 12.2 Å². The molecule has 2 fully saturated rings. The van der Waals surface area contributed by atoms with Crippen LogP contribution >= 0.6 is 0 Å². The van der Waals surface area contributed by atoms with Gasteiger partial charge in [0.25, 0.3) is 0 Å². The molecule has 4 aliphatic carbocycles. The molecule has 0 spiro atoms. The predicted molar refractivity (Wildman–Crippen MR) is 109 cm³/mol. The summed E-state index contributed by atoms with van der Waals surface area (Å²) in [5.41, 5.74) is 10.1. The molecule has 2 aromatic rings. The first-order chi connectivity index (χ1) is 13.3. The van der Waals surface area contributed by atoms with Crippen molar-refractivity contribution in [1.29, 1.82) is 0 Å². The SMILES string of the molecule is C1=C2CCCC[C]2([Zr+2][C]23CCCCC2=Cc2ccccc23)c2ccccc21.[Cl-].[Cl-]. The van der Waals surface area contributed by atoms with Gasteiger partial charge in [0.2, 0.25) is 0 Å². The van der Waals surface area contributed by atoms with Gasteiger partial charge in [-0.25, -0.2) is 0 Å². The van der Waals surface area contributed by atoms with Gasteiger partial charge in [-0.1, -0.05) is 0 Å². The van der Waals surface area contributed by atoms with Crippen molar-refractivity contribution in [3.05, 3.63) is 81.9 Å². The van der Waals surface area contributed by atoms with Gasteiger partial charge < -0.3 is 24.8 Å². The molecule has 2 saturated carbocycles. The Morgan fingerprint density at radius 3 is 1.52 bits per heavy atom. The van der Waals surface area contributed by atoms with E-state index in [1.807, 2.05) is 11.1 Å². The van der Waals surface area contributed by atoms with E-state index in [4.69, 9.17) is 0 Å². The Hall–Kier alpha value is -0.617. The molecule has 2 aromatic carbocycles. The molecule has 4 aliphatic rings. The van der Waals surface area contributed by atoms with E-state index in [1.54, 1.807) is 22.3 Å². The molecular weight excluding hydrogens is 474 g/mol. The zero-order chi connectivity index (χ0) is 17.9. The van der Waals surface area contributed by atoms with Gasteiger partial charge in [0.1, 0.15) is 0 Å². The van der Waals surface area contributed by atoms with Crippen LogP contribution in [-0.4, -0.2) is 0 Å². The van der Waals surface area contributed by atoms with E-state index >= 15 is 0 Å². The number of benzene rings is 2. The second-order valence-corrected chi connectivity index (χ2v) is 13.7. The van der Waals surface area contributed by atoms with Crippen LogP contribution in [0.1, 0.15) is 73.6 Å². The summed E-state index contributed by atoms with van der Waals surface area (Å²) < 4.78 is 0.901. The summed E-state index contributed by atoms with van der Waals surface area (Å²) in [6, 6.07) is 18.8. The number of halogens is 2. The third kappa shape index (κ3) is 3.10. The van der Waals surface area contributed by atoms with E-state index < -0.39 is 23.2 Å². The quantitative estimate of drug-likeness (QED) is 0.573. The third-order valence-electron chi connectivity index (χ3n) is 7.52. The molecule has 0 heterocycles. The number of hydrogen-bond acceptors (Lipinski definition) is 0. The molecule has 0 bridgehead atoms. The second-order valence-electron chi connectivity index (χ2n) is 8.86. The number of rotatable bonds is 2. The molecule has 3 heteroatoms. The van der Waals surface area contributed by atoms with Crippen molar-refractivity contribution in [3.63, 3.8) is 0 Å². The van der Waals surface area contributed by atoms with Gasteiger partial charge in [0.05, 0.1) is 0 Å². The van der Waals surface area contributed by atoms with Crippen molar-refractivity contribution < 1.29 is 48.0 Å². The maximum absolute atomic E-state index is 2.60. The van der Waals surface area contributed by atoms with Crippen molar-refractivity contribution in [2.45, 2.75) is 57.6 Å². The topological polar surface area (TPSA) is 0 Å². The molecule has 29 heavy (non-hydrogen) atoms.